The van der Waals surface area contributed by atoms with E-state index in [4.69, 9.17) is 52.5 Å². The minimum Gasteiger partial charge on any atom is -0.507 e. The van der Waals surface area contributed by atoms with E-state index in [0.717, 1.165) is 18.4 Å². The van der Waals surface area contributed by atoms with Crippen LogP contribution in [0.1, 0.15) is 113 Å². The lowest BCUT2D eigenvalue weighted by atomic mass is 9.38. The van der Waals surface area contributed by atoms with Crippen LogP contribution in [0, 0.1) is 45.3 Å². The van der Waals surface area contributed by atoms with Gasteiger partial charge in [0.15, 0.2) is 31.5 Å². The maximum absolute atomic E-state index is 12.9. The van der Waals surface area contributed by atoms with Crippen molar-refractivity contribution in [2.75, 3.05) is 26.4 Å². The highest BCUT2D eigenvalue weighted by atomic mass is 16.8. The lowest BCUT2D eigenvalue weighted by molar-refractivity contribution is -0.379. The molecule has 28 nitrogen and oxygen atoms in total. The first kappa shape index (κ1) is 72.3. The van der Waals surface area contributed by atoms with Crippen molar-refractivity contribution in [3.8, 4) is 0 Å². The number of hydrogen-bond donors (Lipinski definition) is 18. The Bertz CT molecular complexity index is 2460. The minimum atomic E-state index is -1.93. The summed E-state index contributed by atoms with van der Waals surface area (Å²) in [7, 11) is 0. The van der Waals surface area contributed by atoms with E-state index < -0.39 is 209 Å². The van der Waals surface area contributed by atoms with E-state index in [1.165, 1.54) is 19.9 Å². The average molecular weight is 1300 g/mol. The van der Waals surface area contributed by atoms with E-state index in [-0.39, 0.29) is 47.3 Å². The van der Waals surface area contributed by atoms with Crippen LogP contribution in [0.4, 0.5) is 0 Å². The largest absolute Gasteiger partial charge is 0.507 e. The summed E-state index contributed by atoms with van der Waals surface area (Å²) in [5.41, 5.74) is -0.0170. The van der Waals surface area contributed by atoms with Gasteiger partial charge in [0.05, 0.1) is 56.4 Å². The lowest BCUT2D eigenvalue weighted by Gasteiger charge is -2.67. The Morgan fingerprint density at radius 2 is 1.14 bits per heavy atom. The third-order valence-electron chi connectivity index (χ3n) is 22.8. The van der Waals surface area contributed by atoms with Gasteiger partial charge < -0.3 is 139 Å². The van der Waals surface area contributed by atoms with Crippen LogP contribution in [0.3, 0.4) is 0 Å². The molecule has 9 aliphatic rings. The second-order valence-electron chi connectivity index (χ2n) is 28.8. The maximum atomic E-state index is 12.9. The van der Waals surface area contributed by atoms with Crippen LogP contribution in [0.15, 0.2) is 29.7 Å². The summed E-state index contributed by atoms with van der Waals surface area (Å²) in [5.74, 6) is 0.0319. The molecule has 0 spiro atoms. The van der Waals surface area contributed by atoms with Crippen molar-refractivity contribution in [2.24, 2.45) is 45.3 Å². The molecule has 518 valence electrons. The van der Waals surface area contributed by atoms with E-state index in [9.17, 15) is 86.8 Å². The Morgan fingerprint density at radius 1 is 0.611 bits per heavy atom. The Balaban J connectivity index is 0.883. The SMILES string of the molecule is C[C@H](CC[C@@H](O[C@@H]1O[C@H](CO[C@H]2OC(C=C=CO)[C@@H](O)C[C@H]2O)[C@@H](O)[C@H](O)[C@H]1O[C@H]1O[C@@H](CO)[C@H](O)[C@@H](O)[C@@H]1O)C(C)(C)O)C1CC[C@@]2(C)C3CC=C4C(CC[C@H](O[C@@H]5O[C@H](CO[C@H]6O[C@H](CO)[C@@H](O)[C@H](O)[C@H]6O)[C@@H](O)[C@H](O)[C@H]5O)C4(C)C)[C@]3(C)[C@H](O)C[C@]12C. The van der Waals surface area contributed by atoms with Crippen molar-refractivity contribution in [3.05, 3.63) is 29.7 Å². The minimum absolute atomic E-state index is 0.0205. The topological polar surface area (TPSA) is 456 Å². The number of aliphatic hydroxyl groups excluding tert-OH is 17. The molecule has 9 rings (SSSR count). The number of allylic oxidation sites excluding steroid dienone is 1. The highest BCUT2D eigenvalue weighted by molar-refractivity contribution is 5.32. The second kappa shape index (κ2) is 28.2. The third-order valence-corrected chi connectivity index (χ3v) is 22.8. The summed E-state index contributed by atoms with van der Waals surface area (Å²) < 4.78 is 59.9. The van der Waals surface area contributed by atoms with Crippen LogP contribution in [0.5, 0.6) is 0 Å². The van der Waals surface area contributed by atoms with Crippen molar-refractivity contribution in [3.63, 3.8) is 0 Å². The predicted molar refractivity (Wildman–Crippen MR) is 307 cm³/mol. The maximum Gasteiger partial charge on any atom is 0.187 e. The molecule has 90 heavy (non-hydrogen) atoms. The van der Waals surface area contributed by atoms with Crippen molar-refractivity contribution in [1.29, 1.82) is 0 Å². The molecule has 4 aliphatic carbocycles. The van der Waals surface area contributed by atoms with Gasteiger partial charge in [0.25, 0.3) is 0 Å². The first-order valence-electron chi connectivity index (χ1n) is 31.9. The first-order valence-corrected chi connectivity index (χ1v) is 31.9. The fourth-order valence-corrected chi connectivity index (χ4v) is 17.1. The van der Waals surface area contributed by atoms with Crippen molar-refractivity contribution < 1.29 is 139 Å². The summed E-state index contributed by atoms with van der Waals surface area (Å²) in [6, 6.07) is 0. The molecule has 8 fully saturated rings. The zero-order valence-electron chi connectivity index (χ0n) is 52.5. The fourth-order valence-electron chi connectivity index (χ4n) is 17.1. The van der Waals surface area contributed by atoms with E-state index in [1.54, 1.807) is 0 Å². The quantitative estimate of drug-likeness (QED) is 0.0325. The van der Waals surface area contributed by atoms with Crippen molar-refractivity contribution >= 4 is 0 Å². The van der Waals surface area contributed by atoms with Crippen molar-refractivity contribution in [1.82, 2.24) is 0 Å². The molecule has 34 atom stereocenters. The molecule has 4 unspecified atom stereocenters. The summed E-state index contributed by atoms with van der Waals surface area (Å²) in [5, 5.41) is 195. The van der Waals surface area contributed by atoms with E-state index in [0.29, 0.717) is 38.4 Å². The molecule has 0 aromatic carbocycles. The molecule has 0 radical (unpaired) electrons. The summed E-state index contributed by atoms with van der Waals surface area (Å²) in [4.78, 5) is 0. The first-order chi connectivity index (χ1) is 42.2. The van der Waals surface area contributed by atoms with Gasteiger partial charge in [-0.15, -0.1) is 0 Å². The Labute approximate surface area is 523 Å². The number of fused-ring (bicyclic) bond motifs is 5. The number of ether oxygens (including phenoxy) is 10. The molecule has 5 saturated heterocycles. The smallest absolute Gasteiger partial charge is 0.187 e. The standard InChI is InChI=1S/C62H102O28/c1-26(11-15-40(59(4,5)80)89-57-52(90-56-51(79)46(74)42(70)34(23-65)85-56)48(76)44(72)36(87-57)24-81-53-31(67)20-30(66)32(83-53)10-9-19-63)27-17-18-60(6)37-14-12-28-29(62(37,8)38(68)21-61(27,60)7)13-16-39(58(28,2)3)88-55-50(78)47(75)43(71)35(86-55)25-82-54-49(77)45(73)41(69)33(22-64)84-54/h10,12,19,26-27,29-57,63-80H,11,13-18,20-25H2,1-8H3/t9?,26-,27?,29?,30+,31-,32?,33-,34+,35-,36-,37?,38-,39+,40-,41-,42+,43-,44-,45+,46-,47+,48+,49-,50-,51+,52-,53+,54+,55+,56-,57+,60+,61-,62+/m1/s1. The molecule has 5 aliphatic heterocycles. The zero-order chi connectivity index (χ0) is 66.1. The lowest BCUT2D eigenvalue weighted by Crippen LogP contribution is -2.65. The van der Waals surface area contributed by atoms with E-state index >= 15 is 0 Å². The van der Waals surface area contributed by atoms with Crippen LogP contribution in [-0.4, -0.2) is 290 Å². The van der Waals surface area contributed by atoms with E-state index in [1.807, 2.05) is 13.8 Å². The molecule has 0 aromatic rings. The van der Waals surface area contributed by atoms with Gasteiger partial charge in [-0.3, -0.25) is 0 Å². The third kappa shape index (κ3) is 13.4. The highest BCUT2D eigenvalue weighted by Crippen LogP contribution is 2.75. The molecule has 18 N–H and O–H groups in total. The predicted octanol–water partition coefficient (Wildman–Crippen LogP) is -3.14. The number of rotatable bonds is 20. The number of aliphatic hydroxyl groups is 18. The van der Waals surface area contributed by atoms with Gasteiger partial charge in [-0.25, -0.2) is 0 Å². The van der Waals surface area contributed by atoms with Crippen LogP contribution in [0.2, 0.25) is 0 Å². The van der Waals surface area contributed by atoms with E-state index in [2.05, 4.69) is 39.5 Å². The van der Waals surface area contributed by atoms with Gasteiger partial charge >= 0.3 is 0 Å². The van der Waals surface area contributed by atoms with Crippen LogP contribution in [-0.2, 0) is 47.4 Å². The zero-order valence-corrected chi connectivity index (χ0v) is 52.5. The molecule has 3 saturated carbocycles. The van der Waals surface area contributed by atoms with Gasteiger partial charge in [0.1, 0.15) is 116 Å². The molecular formula is C62H102O28. The van der Waals surface area contributed by atoms with Crippen LogP contribution < -0.4 is 0 Å². The normalized spacial score (nSPS) is 50.3. The van der Waals surface area contributed by atoms with Crippen LogP contribution in [0.25, 0.3) is 0 Å². The van der Waals surface area contributed by atoms with Crippen LogP contribution >= 0.6 is 0 Å². The molecule has 28 heteroatoms. The molecule has 0 amide bonds. The number of hydrogen-bond acceptors (Lipinski definition) is 28. The fraction of sp³-hybridized carbons (Fsp3) is 0.919. The second-order valence-corrected chi connectivity index (χ2v) is 28.8. The molecule has 0 aromatic heterocycles. The molecule has 0 bridgehead atoms. The Hall–Kier alpha value is -2.02. The molecule has 5 heterocycles. The van der Waals surface area contributed by atoms with Crippen molar-refractivity contribution in [2.45, 2.75) is 285 Å². The van der Waals surface area contributed by atoms with Gasteiger partial charge in [0.2, 0.25) is 0 Å². The average Bonchev–Trinajstić information content (AvgIpc) is 1.30. The van der Waals surface area contributed by atoms with Gasteiger partial charge in [-0.05, 0) is 106 Å². The summed E-state index contributed by atoms with van der Waals surface area (Å²) in [6.07, 6.45) is -31.9. The monoisotopic (exact) mass is 1290 g/mol. The Morgan fingerprint density at radius 3 is 1.73 bits per heavy atom. The van der Waals surface area contributed by atoms with Gasteiger partial charge in [0, 0.05) is 17.3 Å². The van der Waals surface area contributed by atoms with Gasteiger partial charge in [-0.1, -0.05) is 58.9 Å². The Kier molecular flexibility index (Phi) is 22.6. The summed E-state index contributed by atoms with van der Waals surface area (Å²) >= 11 is 0. The molecular weight excluding hydrogens is 1190 g/mol. The highest BCUT2D eigenvalue weighted by Gasteiger charge is 2.70. The summed E-state index contributed by atoms with van der Waals surface area (Å²) in [6.45, 7) is 13.6. The van der Waals surface area contributed by atoms with Gasteiger partial charge in [-0.2, -0.15) is 0 Å².